The van der Waals surface area contributed by atoms with Crippen molar-refractivity contribution < 1.29 is 18.9 Å². The third-order valence-electron chi connectivity index (χ3n) is 5.77. The van der Waals surface area contributed by atoms with Crippen LogP contribution in [0.5, 0.6) is 0 Å². The summed E-state index contributed by atoms with van der Waals surface area (Å²) in [4.78, 5) is 45.8. The van der Waals surface area contributed by atoms with Gasteiger partial charge in [0.1, 0.15) is 13.1 Å². The number of imide groups is 1. The molecule has 2 atom stereocenters. The SMILES string of the molecule is Cc1ccc(NC(=O)CN2C(=O)N(Cc3nc(C)no3)C(=O)C3CCCCC32)c(Cl)c1. The van der Waals surface area contributed by atoms with Crippen molar-refractivity contribution in [1.82, 2.24) is 19.9 Å². The van der Waals surface area contributed by atoms with Crippen LogP contribution in [-0.4, -0.2) is 50.4 Å². The number of anilines is 1. The Morgan fingerprint density at radius 2 is 2.03 bits per heavy atom. The van der Waals surface area contributed by atoms with Gasteiger partial charge in [-0.15, -0.1) is 0 Å². The minimum Gasteiger partial charge on any atom is -0.337 e. The van der Waals surface area contributed by atoms with Gasteiger partial charge in [-0.05, 0) is 44.4 Å². The number of benzene rings is 1. The summed E-state index contributed by atoms with van der Waals surface area (Å²) >= 11 is 6.22. The second-order valence-electron chi connectivity index (χ2n) is 8.06. The maximum absolute atomic E-state index is 13.2. The number of amides is 4. The molecular weight excluding hydrogens is 422 g/mol. The van der Waals surface area contributed by atoms with Crippen molar-refractivity contribution in [1.29, 1.82) is 0 Å². The van der Waals surface area contributed by atoms with Gasteiger partial charge in [0.2, 0.25) is 17.7 Å². The number of nitrogens with one attached hydrogen (secondary N) is 1. The molecular formula is C21H24ClN5O4. The van der Waals surface area contributed by atoms with Gasteiger partial charge < -0.3 is 14.7 Å². The van der Waals surface area contributed by atoms with Gasteiger partial charge in [0.25, 0.3) is 0 Å². The summed E-state index contributed by atoms with van der Waals surface area (Å²) in [6.07, 6.45) is 3.19. The zero-order chi connectivity index (χ0) is 22.1. The van der Waals surface area contributed by atoms with Crippen LogP contribution in [0.2, 0.25) is 5.02 Å². The van der Waals surface area contributed by atoms with Gasteiger partial charge in [-0.25, -0.2) is 4.79 Å². The van der Waals surface area contributed by atoms with E-state index in [0.29, 0.717) is 29.4 Å². The summed E-state index contributed by atoms with van der Waals surface area (Å²) in [6, 6.07) is 4.51. The molecule has 1 saturated heterocycles. The van der Waals surface area contributed by atoms with E-state index in [9.17, 15) is 14.4 Å². The van der Waals surface area contributed by atoms with Crippen molar-refractivity contribution in [3.63, 3.8) is 0 Å². The van der Waals surface area contributed by atoms with Gasteiger partial charge in [0, 0.05) is 6.04 Å². The lowest BCUT2D eigenvalue weighted by Crippen LogP contribution is -2.63. The summed E-state index contributed by atoms with van der Waals surface area (Å²) in [5.74, 6) is -0.348. The molecule has 9 nitrogen and oxygen atoms in total. The van der Waals surface area contributed by atoms with E-state index in [1.54, 1.807) is 19.1 Å². The van der Waals surface area contributed by atoms with Gasteiger partial charge in [-0.2, -0.15) is 4.98 Å². The van der Waals surface area contributed by atoms with E-state index in [2.05, 4.69) is 15.5 Å². The summed E-state index contributed by atoms with van der Waals surface area (Å²) < 4.78 is 5.10. The lowest BCUT2D eigenvalue weighted by molar-refractivity contribution is -0.142. The Labute approximate surface area is 184 Å². The highest BCUT2D eigenvalue weighted by molar-refractivity contribution is 6.33. The van der Waals surface area contributed by atoms with Crippen LogP contribution in [0, 0.1) is 19.8 Å². The predicted octanol–water partition coefficient (Wildman–Crippen LogP) is 3.30. The number of aryl methyl sites for hydroxylation is 2. The molecule has 2 heterocycles. The van der Waals surface area contributed by atoms with Crippen molar-refractivity contribution >= 4 is 35.1 Å². The molecule has 4 rings (SSSR count). The van der Waals surface area contributed by atoms with Crippen LogP contribution >= 0.6 is 11.6 Å². The first-order valence-electron chi connectivity index (χ1n) is 10.3. The third kappa shape index (κ3) is 4.41. The Bertz CT molecular complexity index is 1020. The maximum Gasteiger partial charge on any atom is 0.327 e. The van der Waals surface area contributed by atoms with Crippen LogP contribution in [0.25, 0.3) is 0 Å². The van der Waals surface area contributed by atoms with Crippen molar-refractivity contribution in [2.45, 2.75) is 52.1 Å². The van der Waals surface area contributed by atoms with Gasteiger partial charge in [-0.1, -0.05) is 35.7 Å². The van der Waals surface area contributed by atoms with Crippen molar-refractivity contribution in [2.75, 3.05) is 11.9 Å². The number of carbonyl (C=O) groups excluding carboxylic acids is 3. The number of hydrogen-bond donors (Lipinski definition) is 1. The number of rotatable bonds is 5. The normalized spacial score (nSPS) is 21.3. The Hall–Kier alpha value is -2.94. The number of aromatic nitrogens is 2. The highest BCUT2D eigenvalue weighted by Gasteiger charge is 2.47. The van der Waals surface area contributed by atoms with Gasteiger partial charge in [0.05, 0.1) is 16.6 Å². The molecule has 164 valence electrons. The number of urea groups is 1. The predicted molar refractivity (Wildman–Crippen MR) is 112 cm³/mol. The van der Waals surface area contributed by atoms with E-state index in [1.165, 1.54) is 4.90 Å². The summed E-state index contributed by atoms with van der Waals surface area (Å²) in [6.45, 7) is 3.29. The Kier molecular flexibility index (Phi) is 5.95. The quantitative estimate of drug-likeness (QED) is 0.756. The molecule has 10 heteroatoms. The minimum atomic E-state index is -0.519. The average Bonchev–Trinajstić information content (AvgIpc) is 3.15. The molecule has 2 aliphatic rings. The lowest BCUT2D eigenvalue weighted by atomic mass is 9.81. The molecule has 4 amide bonds. The minimum absolute atomic E-state index is 0.108. The third-order valence-corrected chi connectivity index (χ3v) is 6.08. The number of nitrogens with zero attached hydrogens (tertiary/aromatic N) is 4. The van der Waals surface area contributed by atoms with E-state index in [-0.39, 0.29) is 42.8 Å². The monoisotopic (exact) mass is 445 g/mol. The molecule has 1 aromatic carbocycles. The molecule has 2 fully saturated rings. The molecule has 2 aromatic rings. The highest BCUT2D eigenvalue weighted by atomic mass is 35.5. The molecule has 1 saturated carbocycles. The molecule has 0 spiro atoms. The lowest BCUT2D eigenvalue weighted by Gasteiger charge is -2.46. The first kappa shape index (κ1) is 21.3. The topological polar surface area (TPSA) is 109 Å². The van der Waals surface area contributed by atoms with Crippen molar-refractivity contribution in [2.24, 2.45) is 5.92 Å². The summed E-state index contributed by atoms with van der Waals surface area (Å²) in [5, 5.41) is 6.92. The van der Waals surface area contributed by atoms with Crippen LogP contribution in [-0.2, 0) is 16.1 Å². The molecule has 1 aromatic heterocycles. The van der Waals surface area contributed by atoms with E-state index >= 15 is 0 Å². The van der Waals surface area contributed by atoms with E-state index < -0.39 is 6.03 Å². The van der Waals surface area contributed by atoms with Crippen molar-refractivity contribution in [3.05, 3.63) is 40.5 Å². The fourth-order valence-electron chi connectivity index (χ4n) is 4.30. The summed E-state index contributed by atoms with van der Waals surface area (Å²) in [7, 11) is 0. The Morgan fingerprint density at radius 3 is 2.74 bits per heavy atom. The number of halogens is 1. The highest BCUT2D eigenvalue weighted by Crippen LogP contribution is 2.35. The van der Waals surface area contributed by atoms with Gasteiger partial charge in [-0.3, -0.25) is 14.5 Å². The molecule has 31 heavy (non-hydrogen) atoms. The molecule has 2 unspecified atom stereocenters. The average molecular weight is 446 g/mol. The number of carbonyl (C=O) groups is 3. The van der Waals surface area contributed by atoms with Crippen LogP contribution < -0.4 is 5.32 Å². The van der Waals surface area contributed by atoms with E-state index in [1.807, 2.05) is 13.0 Å². The van der Waals surface area contributed by atoms with Crippen LogP contribution in [0.3, 0.4) is 0 Å². The molecule has 1 aliphatic heterocycles. The van der Waals surface area contributed by atoms with Crippen LogP contribution in [0.1, 0.15) is 43.0 Å². The molecule has 1 aliphatic carbocycles. The number of hydrogen-bond acceptors (Lipinski definition) is 6. The van der Waals surface area contributed by atoms with Crippen molar-refractivity contribution in [3.8, 4) is 0 Å². The molecule has 1 N–H and O–H groups in total. The first-order chi connectivity index (χ1) is 14.8. The zero-order valence-corrected chi connectivity index (χ0v) is 18.2. The Morgan fingerprint density at radius 1 is 1.26 bits per heavy atom. The second-order valence-corrected chi connectivity index (χ2v) is 8.47. The first-order valence-corrected chi connectivity index (χ1v) is 10.7. The second kappa shape index (κ2) is 8.66. The van der Waals surface area contributed by atoms with Crippen LogP contribution in [0.15, 0.2) is 22.7 Å². The number of fused-ring (bicyclic) bond motifs is 1. The maximum atomic E-state index is 13.2. The van der Waals surface area contributed by atoms with Gasteiger partial charge in [0.15, 0.2) is 5.82 Å². The smallest absolute Gasteiger partial charge is 0.327 e. The zero-order valence-electron chi connectivity index (χ0n) is 17.4. The molecule has 0 radical (unpaired) electrons. The standard InChI is InChI=1S/C21H24ClN5O4/c1-12-7-8-16(15(22)9-12)24-18(28)10-26-17-6-4-3-5-14(17)20(29)27(21(26)30)11-19-23-13(2)25-31-19/h7-9,14,17H,3-6,10-11H2,1-2H3,(H,24,28). The van der Waals surface area contributed by atoms with E-state index in [4.69, 9.17) is 16.1 Å². The Balaban J connectivity index is 1.54. The summed E-state index contributed by atoms with van der Waals surface area (Å²) in [5.41, 5.74) is 1.46. The fraction of sp³-hybridized carbons (Fsp3) is 0.476. The largest absolute Gasteiger partial charge is 0.337 e. The van der Waals surface area contributed by atoms with Gasteiger partial charge >= 0.3 is 6.03 Å². The fourth-order valence-corrected chi connectivity index (χ4v) is 4.58. The van der Waals surface area contributed by atoms with E-state index in [0.717, 1.165) is 23.3 Å². The van der Waals surface area contributed by atoms with Crippen LogP contribution in [0.4, 0.5) is 10.5 Å². The molecule has 0 bridgehead atoms.